The van der Waals surface area contributed by atoms with Crippen molar-refractivity contribution in [1.29, 1.82) is 0 Å². The second kappa shape index (κ2) is 16.7. The molecule has 134 valence electrons. The number of carbonyl (C=O) groups is 4. The summed E-state index contributed by atoms with van der Waals surface area (Å²) in [5.41, 5.74) is 5.75. The summed E-state index contributed by atoms with van der Waals surface area (Å²) in [6, 6.07) is 17.3. The van der Waals surface area contributed by atoms with Gasteiger partial charge >= 0.3 is 0 Å². The molecule has 0 atom stereocenters. The average Bonchev–Trinajstić information content (AvgIpc) is 2.96. The van der Waals surface area contributed by atoms with Gasteiger partial charge in [0, 0.05) is 0 Å². The Morgan fingerprint density at radius 2 is 0.800 bits per heavy atom. The van der Waals surface area contributed by atoms with E-state index in [4.69, 9.17) is 39.6 Å². The Balaban J connectivity index is 0. The highest BCUT2D eigenvalue weighted by Crippen LogP contribution is 2.35. The molecule has 8 nitrogen and oxygen atoms in total. The van der Waals surface area contributed by atoms with E-state index in [1.165, 1.54) is 22.3 Å². The largest absolute Gasteiger partial charge is 0.483 e. The van der Waals surface area contributed by atoms with Crippen LogP contribution in [0.25, 0.3) is 11.1 Å². The normalized spacial score (nSPS) is 8.32. The van der Waals surface area contributed by atoms with E-state index in [-0.39, 0.29) is 25.9 Å². The Morgan fingerprint density at radius 3 is 1.08 bits per heavy atom. The first-order chi connectivity index (χ1) is 12.1. The third-order valence-corrected chi connectivity index (χ3v) is 2.71. The second-order valence-electron chi connectivity index (χ2n) is 3.91. The van der Waals surface area contributed by atoms with Gasteiger partial charge in [-0.25, -0.2) is 0 Å². The average molecular weight is 350 g/mol. The van der Waals surface area contributed by atoms with Crippen molar-refractivity contribution in [2.45, 2.75) is 6.42 Å². The van der Waals surface area contributed by atoms with Crippen molar-refractivity contribution in [3.8, 4) is 11.1 Å². The molecule has 0 spiro atoms. The highest BCUT2D eigenvalue weighted by atomic mass is 16.4. The Labute approximate surface area is 143 Å². The molecule has 0 aliphatic heterocycles. The van der Waals surface area contributed by atoms with Crippen molar-refractivity contribution in [1.82, 2.24) is 0 Å². The van der Waals surface area contributed by atoms with Gasteiger partial charge < -0.3 is 20.4 Å². The fourth-order valence-electron chi connectivity index (χ4n) is 2.08. The lowest BCUT2D eigenvalue weighted by Crippen LogP contribution is -1.77. The van der Waals surface area contributed by atoms with Gasteiger partial charge in [0.05, 0.1) is 0 Å². The van der Waals surface area contributed by atoms with Crippen LogP contribution in [-0.2, 0) is 25.6 Å². The van der Waals surface area contributed by atoms with E-state index in [9.17, 15) is 0 Å². The lowest BCUT2D eigenvalue weighted by molar-refractivity contribution is -0.123. The van der Waals surface area contributed by atoms with E-state index < -0.39 is 0 Å². The summed E-state index contributed by atoms with van der Waals surface area (Å²) in [6.45, 7) is -1.00. The molecule has 0 amide bonds. The molecule has 3 rings (SSSR count). The zero-order valence-electron chi connectivity index (χ0n) is 13.1. The molecule has 2 aromatic carbocycles. The predicted octanol–water partition coefficient (Wildman–Crippen LogP) is 2.06. The summed E-state index contributed by atoms with van der Waals surface area (Å²) in [5, 5.41) is 27.6. The number of carboxylic acid groups (broad SMARTS) is 4. The molecule has 8 heteroatoms. The van der Waals surface area contributed by atoms with E-state index in [1.807, 2.05) is 0 Å². The quantitative estimate of drug-likeness (QED) is 0.450. The van der Waals surface area contributed by atoms with Crippen LogP contribution in [0.3, 0.4) is 0 Å². The zero-order chi connectivity index (χ0) is 19.5. The Kier molecular flexibility index (Phi) is 15.7. The number of fused-ring (bicyclic) bond motifs is 3. The highest BCUT2D eigenvalue weighted by Gasteiger charge is 2.15. The first-order valence-electron chi connectivity index (χ1n) is 6.59. The Morgan fingerprint density at radius 1 is 0.560 bits per heavy atom. The van der Waals surface area contributed by atoms with Crippen molar-refractivity contribution in [3.05, 3.63) is 59.7 Å². The number of benzene rings is 2. The monoisotopic (exact) mass is 350 g/mol. The summed E-state index contributed by atoms with van der Waals surface area (Å²) in [4.78, 5) is 33.4. The topological polar surface area (TPSA) is 149 Å². The minimum absolute atomic E-state index is 0.250. The molecule has 0 radical (unpaired) electrons. The molecule has 2 aromatic rings. The summed E-state index contributed by atoms with van der Waals surface area (Å²) in [7, 11) is 0. The second-order valence-corrected chi connectivity index (χ2v) is 3.91. The first-order valence-corrected chi connectivity index (χ1v) is 6.59. The summed E-state index contributed by atoms with van der Waals surface area (Å²) < 4.78 is 0. The van der Waals surface area contributed by atoms with Crippen molar-refractivity contribution in [2.24, 2.45) is 0 Å². The van der Waals surface area contributed by atoms with Crippen LogP contribution in [0.5, 0.6) is 0 Å². The molecule has 25 heavy (non-hydrogen) atoms. The van der Waals surface area contributed by atoms with Gasteiger partial charge in [0.15, 0.2) is 0 Å². The Bertz CT molecular complexity index is 573. The molecule has 0 saturated heterocycles. The fourth-order valence-corrected chi connectivity index (χ4v) is 2.08. The van der Waals surface area contributed by atoms with Crippen molar-refractivity contribution < 1.29 is 39.6 Å². The lowest BCUT2D eigenvalue weighted by atomic mass is 10.1. The minimum atomic E-state index is -0.250. The van der Waals surface area contributed by atoms with Crippen LogP contribution in [0.4, 0.5) is 0 Å². The van der Waals surface area contributed by atoms with Crippen LogP contribution >= 0.6 is 0 Å². The SMILES string of the molecule is O=CO.O=CO.O=CO.O=CO.c1ccc2c(c1)Cc1ccccc1-2. The van der Waals surface area contributed by atoms with E-state index >= 15 is 0 Å². The maximum absolute atomic E-state index is 8.36. The zero-order valence-corrected chi connectivity index (χ0v) is 13.1. The van der Waals surface area contributed by atoms with Gasteiger partial charge in [0.2, 0.25) is 0 Å². The van der Waals surface area contributed by atoms with Gasteiger partial charge in [-0.1, -0.05) is 48.5 Å². The molecular formula is C17H18O8. The van der Waals surface area contributed by atoms with Gasteiger partial charge in [-0.3, -0.25) is 19.2 Å². The highest BCUT2D eigenvalue weighted by molar-refractivity contribution is 5.76. The third kappa shape index (κ3) is 9.84. The summed E-state index contributed by atoms with van der Waals surface area (Å²) in [5.74, 6) is 0. The van der Waals surface area contributed by atoms with Crippen LogP contribution in [0.2, 0.25) is 0 Å². The summed E-state index contributed by atoms with van der Waals surface area (Å²) >= 11 is 0. The fraction of sp³-hybridized carbons (Fsp3) is 0.0588. The summed E-state index contributed by atoms with van der Waals surface area (Å²) in [6.07, 6.45) is 1.10. The van der Waals surface area contributed by atoms with Crippen LogP contribution < -0.4 is 0 Å². The number of hydrogen-bond acceptors (Lipinski definition) is 4. The smallest absolute Gasteiger partial charge is 0.290 e. The molecule has 1 aliphatic rings. The minimum Gasteiger partial charge on any atom is -0.483 e. The standard InChI is InChI=1S/C13H10.4CH2O2/c1-3-7-12-10(5-1)9-11-6-2-4-8-13(11)12;4*2-1-3/h1-8H,9H2;4*1H,(H,2,3). The molecule has 1 aliphatic carbocycles. The molecule has 0 saturated carbocycles. The van der Waals surface area contributed by atoms with Crippen molar-refractivity contribution >= 4 is 25.9 Å². The maximum Gasteiger partial charge on any atom is 0.290 e. The van der Waals surface area contributed by atoms with Gasteiger partial charge in [0.25, 0.3) is 25.9 Å². The maximum atomic E-state index is 8.36. The molecule has 4 N–H and O–H groups in total. The van der Waals surface area contributed by atoms with E-state index in [0.717, 1.165) is 6.42 Å². The lowest BCUT2D eigenvalue weighted by Gasteiger charge is -1.98. The molecule has 0 bridgehead atoms. The molecule has 0 fully saturated rings. The van der Waals surface area contributed by atoms with Gasteiger partial charge in [-0.15, -0.1) is 0 Å². The third-order valence-electron chi connectivity index (χ3n) is 2.71. The van der Waals surface area contributed by atoms with Gasteiger partial charge in [-0.2, -0.15) is 0 Å². The van der Waals surface area contributed by atoms with Gasteiger partial charge in [-0.05, 0) is 28.7 Å². The Hall–Kier alpha value is -3.68. The first kappa shape index (κ1) is 23.6. The van der Waals surface area contributed by atoms with Crippen LogP contribution in [0.15, 0.2) is 48.5 Å². The van der Waals surface area contributed by atoms with E-state index in [1.54, 1.807) is 0 Å². The molecule has 0 unspecified atom stereocenters. The molecule has 0 heterocycles. The van der Waals surface area contributed by atoms with Crippen LogP contribution in [-0.4, -0.2) is 46.3 Å². The predicted molar refractivity (Wildman–Crippen MR) is 89.5 cm³/mol. The van der Waals surface area contributed by atoms with E-state index in [0.29, 0.717) is 0 Å². The van der Waals surface area contributed by atoms with Crippen LogP contribution in [0, 0.1) is 0 Å². The van der Waals surface area contributed by atoms with Crippen LogP contribution in [0.1, 0.15) is 11.1 Å². The molecular weight excluding hydrogens is 332 g/mol. The molecule has 0 aromatic heterocycles. The number of rotatable bonds is 0. The van der Waals surface area contributed by atoms with Gasteiger partial charge in [0.1, 0.15) is 0 Å². The van der Waals surface area contributed by atoms with Crippen molar-refractivity contribution in [3.63, 3.8) is 0 Å². The number of hydrogen-bond donors (Lipinski definition) is 4. The van der Waals surface area contributed by atoms with Crippen molar-refractivity contribution in [2.75, 3.05) is 0 Å². The van der Waals surface area contributed by atoms with E-state index in [2.05, 4.69) is 48.5 Å².